The molecule has 1 N–H and O–H groups in total. The molecular weight excluding hydrogens is 322 g/mol. The fourth-order valence-corrected chi connectivity index (χ4v) is 2.83. The van der Waals surface area contributed by atoms with Crippen molar-refractivity contribution in [3.8, 4) is 0 Å². The monoisotopic (exact) mass is 339 g/mol. The highest BCUT2D eigenvalue weighted by Crippen LogP contribution is 2.27. The van der Waals surface area contributed by atoms with Crippen LogP contribution in [0.15, 0.2) is 48.5 Å². The van der Waals surface area contributed by atoms with Crippen molar-refractivity contribution in [2.24, 2.45) is 5.92 Å². The van der Waals surface area contributed by atoms with E-state index in [-0.39, 0.29) is 23.9 Å². The summed E-state index contributed by atoms with van der Waals surface area (Å²) in [5.41, 5.74) is 1.79. The molecule has 0 spiro atoms. The van der Waals surface area contributed by atoms with Crippen molar-refractivity contribution in [1.29, 1.82) is 0 Å². The number of aryl methyl sites for hydroxylation is 1. The lowest BCUT2D eigenvalue weighted by Gasteiger charge is -2.16. The maximum atomic E-state index is 12.5. The fourth-order valence-electron chi connectivity index (χ4n) is 2.83. The van der Waals surface area contributed by atoms with E-state index in [0.717, 1.165) is 11.3 Å². The van der Waals surface area contributed by atoms with Crippen LogP contribution in [0.25, 0.3) is 0 Å². The van der Waals surface area contributed by atoms with E-state index < -0.39 is 10.8 Å². The van der Waals surface area contributed by atoms with Gasteiger partial charge in [0.05, 0.1) is 16.5 Å². The van der Waals surface area contributed by atoms with E-state index in [0.29, 0.717) is 12.2 Å². The second-order valence-electron chi connectivity index (χ2n) is 5.99. The summed E-state index contributed by atoms with van der Waals surface area (Å²) in [5, 5.41) is 13.6. The Hall–Kier alpha value is -3.22. The number of anilines is 2. The molecule has 2 aromatic rings. The lowest BCUT2D eigenvalue weighted by Crippen LogP contribution is -2.28. The Kier molecular flexibility index (Phi) is 4.47. The number of para-hydroxylation sites is 1. The quantitative estimate of drug-likeness (QED) is 0.685. The Morgan fingerprint density at radius 2 is 1.96 bits per heavy atom. The Labute approximate surface area is 144 Å². The average Bonchev–Trinajstić information content (AvgIpc) is 2.99. The molecule has 0 saturated carbocycles. The molecule has 7 nitrogen and oxygen atoms in total. The highest BCUT2D eigenvalue weighted by atomic mass is 16.6. The number of hydrogen-bond donors (Lipinski definition) is 1. The van der Waals surface area contributed by atoms with Crippen molar-refractivity contribution < 1.29 is 14.5 Å². The van der Waals surface area contributed by atoms with Crippen molar-refractivity contribution in [3.05, 3.63) is 64.2 Å². The summed E-state index contributed by atoms with van der Waals surface area (Å²) in [7, 11) is 0. The molecule has 0 aliphatic carbocycles. The zero-order chi connectivity index (χ0) is 18.0. The highest BCUT2D eigenvalue weighted by Gasteiger charge is 2.35. The molecule has 1 atom stereocenters. The SMILES string of the molecule is Cc1ccc([N+](=O)[O-])cc1NC(=O)C1CC(=O)N(c2ccccc2)C1. The first-order valence-corrected chi connectivity index (χ1v) is 7.87. The fraction of sp³-hybridized carbons (Fsp3) is 0.222. The second kappa shape index (κ2) is 6.72. The predicted octanol–water partition coefficient (Wildman–Crippen LogP) is 2.89. The molecule has 0 aromatic heterocycles. The number of benzene rings is 2. The van der Waals surface area contributed by atoms with Gasteiger partial charge in [0.2, 0.25) is 11.8 Å². The first kappa shape index (κ1) is 16.6. The van der Waals surface area contributed by atoms with Crippen LogP contribution in [0.3, 0.4) is 0 Å². The lowest BCUT2D eigenvalue weighted by atomic mass is 10.1. The summed E-state index contributed by atoms with van der Waals surface area (Å²) in [6.45, 7) is 2.05. The van der Waals surface area contributed by atoms with Gasteiger partial charge < -0.3 is 10.2 Å². The molecule has 0 radical (unpaired) electrons. The number of nitro benzene ring substituents is 1. The van der Waals surface area contributed by atoms with Gasteiger partial charge in [-0.1, -0.05) is 24.3 Å². The number of carbonyl (C=O) groups excluding carboxylic acids is 2. The van der Waals surface area contributed by atoms with Gasteiger partial charge in [0.25, 0.3) is 5.69 Å². The molecule has 3 rings (SSSR count). The van der Waals surface area contributed by atoms with Crippen LogP contribution in [-0.4, -0.2) is 23.3 Å². The van der Waals surface area contributed by atoms with Gasteiger partial charge >= 0.3 is 0 Å². The van der Waals surface area contributed by atoms with Gasteiger partial charge in [0.15, 0.2) is 0 Å². The number of nitrogens with zero attached hydrogens (tertiary/aromatic N) is 2. The predicted molar refractivity (Wildman–Crippen MR) is 93.4 cm³/mol. The smallest absolute Gasteiger partial charge is 0.271 e. The van der Waals surface area contributed by atoms with Crippen molar-refractivity contribution in [2.75, 3.05) is 16.8 Å². The van der Waals surface area contributed by atoms with Crippen molar-refractivity contribution >= 4 is 28.9 Å². The van der Waals surface area contributed by atoms with Crippen LogP contribution in [0.1, 0.15) is 12.0 Å². The van der Waals surface area contributed by atoms with Crippen LogP contribution in [0, 0.1) is 23.0 Å². The Bertz CT molecular complexity index is 835. The van der Waals surface area contributed by atoms with Gasteiger partial charge in [0.1, 0.15) is 0 Å². The van der Waals surface area contributed by atoms with E-state index in [2.05, 4.69) is 5.32 Å². The van der Waals surface area contributed by atoms with E-state index in [1.807, 2.05) is 30.3 Å². The van der Waals surface area contributed by atoms with Gasteiger partial charge in [0, 0.05) is 30.8 Å². The Balaban J connectivity index is 1.74. The summed E-state index contributed by atoms with van der Waals surface area (Å²) < 4.78 is 0. The van der Waals surface area contributed by atoms with E-state index in [1.165, 1.54) is 12.1 Å². The highest BCUT2D eigenvalue weighted by molar-refractivity contribution is 6.03. The van der Waals surface area contributed by atoms with Crippen LogP contribution >= 0.6 is 0 Å². The maximum absolute atomic E-state index is 12.5. The summed E-state index contributed by atoms with van der Waals surface area (Å²) >= 11 is 0. The Morgan fingerprint density at radius 1 is 1.24 bits per heavy atom. The summed E-state index contributed by atoms with van der Waals surface area (Å²) in [6.07, 6.45) is 0.120. The molecule has 0 bridgehead atoms. The van der Waals surface area contributed by atoms with Crippen molar-refractivity contribution in [1.82, 2.24) is 0 Å². The van der Waals surface area contributed by atoms with Gasteiger partial charge in [-0.15, -0.1) is 0 Å². The first-order valence-electron chi connectivity index (χ1n) is 7.87. The van der Waals surface area contributed by atoms with Crippen molar-refractivity contribution in [3.63, 3.8) is 0 Å². The largest absolute Gasteiger partial charge is 0.325 e. The van der Waals surface area contributed by atoms with Gasteiger partial charge in [-0.25, -0.2) is 0 Å². The topological polar surface area (TPSA) is 92.5 Å². The van der Waals surface area contributed by atoms with Crippen LogP contribution in [0.4, 0.5) is 17.1 Å². The lowest BCUT2D eigenvalue weighted by molar-refractivity contribution is -0.384. The third-order valence-electron chi connectivity index (χ3n) is 4.25. The summed E-state index contributed by atoms with van der Waals surface area (Å²) in [4.78, 5) is 36.7. The minimum absolute atomic E-state index is 0.0886. The minimum Gasteiger partial charge on any atom is -0.325 e. The molecule has 7 heteroatoms. The third-order valence-corrected chi connectivity index (χ3v) is 4.25. The third kappa shape index (κ3) is 3.50. The standard InChI is InChI=1S/C18H17N3O4/c1-12-7-8-15(21(24)25)10-16(12)19-18(23)13-9-17(22)20(11-13)14-5-3-2-4-6-14/h2-8,10,13H,9,11H2,1H3,(H,19,23). The van der Waals surface area contributed by atoms with Gasteiger partial charge in [-0.2, -0.15) is 0 Å². The minimum atomic E-state index is -0.509. The number of amides is 2. The number of non-ortho nitro benzene ring substituents is 1. The number of rotatable bonds is 4. The molecule has 25 heavy (non-hydrogen) atoms. The zero-order valence-corrected chi connectivity index (χ0v) is 13.6. The average molecular weight is 339 g/mol. The van der Waals surface area contributed by atoms with Crippen LogP contribution in [0.2, 0.25) is 0 Å². The van der Waals surface area contributed by atoms with Crippen LogP contribution < -0.4 is 10.2 Å². The Morgan fingerprint density at radius 3 is 2.64 bits per heavy atom. The van der Waals surface area contributed by atoms with Gasteiger partial charge in [-0.05, 0) is 24.6 Å². The molecular formula is C18H17N3O4. The van der Waals surface area contributed by atoms with E-state index in [9.17, 15) is 19.7 Å². The first-order chi connectivity index (χ1) is 12.0. The molecule has 2 amide bonds. The van der Waals surface area contributed by atoms with Crippen LogP contribution in [-0.2, 0) is 9.59 Å². The molecule has 1 fully saturated rings. The van der Waals surface area contributed by atoms with Crippen LogP contribution in [0.5, 0.6) is 0 Å². The maximum Gasteiger partial charge on any atom is 0.271 e. The van der Waals surface area contributed by atoms with Crippen molar-refractivity contribution in [2.45, 2.75) is 13.3 Å². The molecule has 1 aliphatic rings. The second-order valence-corrected chi connectivity index (χ2v) is 5.99. The molecule has 128 valence electrons. The van der Waals surface area contributed by atoms with E-state index in [4.69, 9.17) is 0 Å². The molecule has 1 aliphatic heterocycles. The number of nitro groups is 1. The van der Waals surface area contributed by atoms with Gasteiger partial charge in [-0.3, -0.25) is 19.7 Å². The number of nitrogens with one attached hydrogen (secondary N) is 1. The number of hydrogen-bond acceptors (Lipinski definition) is 4. The molecule has 1 unspecified atom stereocenters. The van der Waals surface area contributed by atoms with E-state index >= 15 is 0 Å². The molecule has 2 aromatic carbocycles. The van der Waals surface area contributed by atoms with E-state index in [1.54, 1.807) is 17.9 Å². The molecule has 1 saturated heterocycles. The summed E-state index contributed by atoms with van der Waals surface area (Å²) in [6, 6.07) is 13.5. The number of carbonyl (C=O) groups is 2. The molecule has 1 heterocycles. The normalized spacial score (nSPS) is 16.8. The zero-order valence-electron chi connectivity index (χ0n) is 13.6. The summed E-state index contributed by atoms with van der Waals surface area (Å²) in [5.74, 6) is -0.913.